The average molecular weight is 281 g/mol. The molecule has 0 amide bonds. The molecule has 20 heavy (non-hydrogen) atoms. The van der Waals surface area contributed by atoms with Crippen LogP contribution in [0.3, 0.4) is 0 Å². The van der Waals surface area contributed by atoms with Crippen LogP contribution in [0.4, 0.5) is 0 Å². The maximum atomic E-state index is 12.4. The molecule has 1 saturated heterocycles. The number of piperidine rings is 1. The molecule has 0 spiro atoms. The summed E-state index contributed by atoms with van der Waals surface area (Å²) in [7, 11) is 0. The maximum absolute atomic E-state index is 12.4. The number of ether oxygens (including phenoxy) is 1. The zero-order valence-electron chi connectivity index (χ0n) is 13.8. The van der Waals surface area contributed by atoms with E-state index in [-0.39, 0.29) is 29.1 Å². The van der Waals surface area contributed by atoms with Gasteiger partial charge in [-0.1, -0.05) is 6.92 Å². The van der Waals surface area contributed by atoms with Crippen molar-refractivity contribution in [2.45, 2.75) is 90.3 Å². The number of hydrogen-bond donors (Lipinski definition) is 1. The monoisotopic (exact) mass is 281 g/mol. The van der Waals surface area contributed by atoms with Crippen LogP contribution in [0.1, 0.15) is 73.1 Å². The molecule has 0 aromatic heterocycles. The SMILES string of the molecule is CC1CCC(C(=O)OC2CC(C)(C)NC(C)(C)C2)CC1. The highest BCUT2D eigenvalue weighted by atomic mass is 16.5. The summed E-state index contributed by atoms with van der Waals surface area (Å²) in [6.07, 6.45) is 6.24. The van der Waals surface area contributed by atoms with Crippen LogP contribution in [-0.4, -0.2) is 23.2 Å². The number of carbonyl (C=O) groups is 1. The topological polar surface area (TPSA) is 38.3 Å². The van der Waals surface area contributed by atoms with E-state index in [9.17, 15) is 4.79 Å². The molecule has 0 atom stereocenters. The van der Waals surface area contributed by atoms with Crippen LogP contribution in [0, 0.1) is 11.8 Å². The molecule has 3 heteroatoms. The first-order valence-electron chi connectivity index (χ1n) is 8.17. The molecule has 1 heterocycles. The Bertz CT molecular complexity index is 338. The molecule has 2 fully saturated rings. The summed E-state index contributed by atoms with van der Waals surface area (Å²) in [5.41, 5.74) is 0.0710. The Kier molecular flexibility index (Phi) is 4.48. The molecule has 1 saturated carbocycles. The van der Waals surface area contributed by atoms with Crippen molar-refractivity contribution in [3.8, 4) is 0 Å². The second kappa shape index (κ2) is 5.67. The zero-order valence-corrected chi connectivity index (χ0v) is 13.8. The van der Waals surface area contributed by atoms with E-state index in [2.05, 4.69) is 39.9 Å². The fraction of sp³-hybridized carbons (Fsp3) is 0.941. The molecule has 3 nitrogen and oxygen atoms in total. The standard InChI is InChI=1S/C17H31NO2/c1-12-6-8-13(9-7-12)15(19)20-14-10-16(2,3)18-17(4,5)11-14/h12-14,18H,6-11H2,1-5H3. The predicted octanol–water partition coefficient (Wildman–Crippen LogP) is 3.67. The second-order valence-corrected chi connectivity index (χ2v) is 8.32. The molecule has 2 rings (SSSR count). The van der Waals surface area contributed by atoms with Crippen LogP contribution >= 0.6 is 0 Å². The fourth-order valence-corrected chi connectivity index (χ4v) is 4.07. The van der Waals surface area contributed by atoms with Crippen LogP contribution in [0.2, 0.25) is 0 Å². The van der Waals surface area contributed by atoms with E-state index in [0.717, 1.165) is 31.6 Å². The van der Waals surface area contributed by atoms with Gasteiger partial charge < -0.3 is 10.1 Å². The lowest BCUT2D eigenvalue weighted by atomic mass is 9.80. The van der Waals surface area contributed by atoms with Gasteiger partial charge in [0.05, 0.1) is 5.92 Å². The minimum absolute atomic E-state index is 0.0355. The van der Waals surface area contributed by atoms with Gasteiger partial charge in [-0.05, 0) is 59.3 Å². The van der Waals surface area contributed by atoms with Gasteiger partial charge in [-0.2, -0.15) is 0 Å². The first kappa shape index (κ1) is 15.8. The van der Waals surface area contributed by atoms with Gasteiger partial charge in [0.1, 0.15) is 6.10 Å². The van der Waals surface area contributed by atoms with Gasteiger partial charge in [0.2, 0.25) is 0 Å². The summed E-state index contributed by atoms with van der Waals surface area (Å²) in [5.74, 6) is 0.971. The fourth-order valence-electron chi connectivity index (χ4n) is 4.07. The molecule has 0 aromatic rings. The number of hydrogen-bond acceptors (Lipinski definition) is 3. The number of carbonyl (C=O) groups excluding carboxylic acids is 1. The summed E-state index contributed by atoms with van der Waals surface area (Å²) < 4.78 is 5.86. The van der Waals surface area contributed by atoms with E-state index < -0.39 is 0 Å². The molecule has 1 N–H and O–H groups in total. The van der Waals surface area contributed by atoms with Gasteiger partial charge in [-0.25, -0.2) is 0 Å². The molecule has 2 aliphatic rings. The minimum atomic E-state index is 0.0355. The number of nitrogens with one attached hydrogen (secondary N) is 1. The summed E-state index contributed by atoms with van der Waals surface area (Å²) in [6.45, 7) is 11.0. The maximum Gasteiger partial charge on any atom is 0.309 e. The minimum Gasteiger partial charge on any atom is -0.462 e. The summed E-state index contributed by atoms with van der Waals surface area (Å²) >= 11 is 0. The van der Waals surface area contributed by atoms with Crippen molar-refractivity contribution in [2.75, 3.05) is 0 Å². The Hall–Kier alpha value is -0.570. The van der Waals surface area contributed by atoms with E-state index in [1.165, 1.54) is 12.8 Å². The van der Waals surface area contributed by atoms with Crippen molar-refractivity contribution < 1.29 is 9.53 Å². The highest BCUT2D eigenvalue weighted by Gasteiger charge is 2.40. The Labute approximate surface area is 123 Å². The molecular weight excluding hydrogens is 250 g/mol. The Balaban J connectivity index is 1.90. The van der Waals surface area contributed by atoms with Gasteiger partial charge in [0.15, 0.2) is 0 Å². The molecule has 0 radical (unpaired) electrons. The van der Waals surface area contributed by atoms with Crippen molar-refractivity contribution in [2.24, 2.45) is 11.8 Å². The molecule has 116 valence electrons. The Morgan fingerprint density at radius 2 is 1.50 bits per heavy atom. The molecular formula is C17H31NO2. The Morgan fingerprint density at radius 1 is 1.00 bits per heavy atom. The first-order chi connectivity index (χ1) is 9.17. The molecule has 1 aliphatic carbocycles. The number of rotatable bonds is 2. The lowest BCUT2D eigenvalue weighted by molar-refractivity contribution is -0.159. The first-order valence-corrected chi connectivity index (χ1v) is 8.17. The third-order valence-corrected chi connectivity index (χ3v) is 4.78. The molecule has 0 bridgehead atoms. The Morgan fingerprint density at radius 3 is 2.00 bits per heavy atom. The lowest BCUT2D eigenvalue weighted by Crippen LogP contribution is -2.59. The third-order valence-electron chi connectivity index (χ3n) is 4.78. The van der Waals surface area contributed by atoms with Gasteiger partial charge >= 0.3 is 5.97 Å². The summed E-state index contributed by atoms with van der Waals surface area (Å²) in [6, 6.07) is 0. The summed E-state index contributed by atoms with van der Waals surface area (Å²) in [4.78, 5) is 12.4. The normalized spacial score (nSPS) is 33.6. The molecule has 0 unspecified atom stereocenters. The van der Waals surface area contributed by atoms with Gasteiger partial charge in [-0.3, -0.25) is 4.79 Å². The van der Waals surface area contributed by atoms with Crippen LogP contribution in [0.25, 0.3) is 0 Å². The van der Waals surface area contributed by atoms with Crippen LogP contribution < -0.4 is 5.32 Å². The van der Waals surface area contributed by atoms with Crippen molar-refractivity contribution in [3.63, 3.8) is 0 Å². The average Bonchev–Trinajstić information content (AvgIpc) is 2.25. The van der Waals surface area contributed by atoms with E-state index in [0.29, 0.717) is 0 Å². The predicted molar refractivity (Wildman–Crippen MR) is 81.5 cm³/mol. The smallest absolute Gasteiger partial charge is 0.309 e. The van der Waals surface area contributed by atoms with E-state index in [1.54, 1.807) is 0 Å². The van der Waals surface area contributed by atoms with E-state index in [1.807, 2.05) is 0 Å². The highest BCUT2D eigenvalue weighted by Crippen LogP contribution is 2.33. The lowest BCUT2D eigenvalue weighted by Gasteiger charge is -2.46. The van der Waals surface area contributed by atoms with Crippen LogP contribution in [0.15, 0.2) is 0 Å². The van der Waals surface area contributed by atoms with Gasteiger partial charge in [-0.15, -0.1) is 0 Å². The van der Waals surface area contributed by atoms with Gasteiger partial charge in [0.25, 0.3) is 0 Å². The van der Waals surface area contributed by atoms with Crippen molar-refractivity contribution >= 4 is 5.97 Å². The summed E-state index contributed by atoms with van der Waals surface area (Å²) in [5, 5.41) is 3.63. The third kappa shape index (κ3) is 4.21. The highest BCUT2D eigenvalue weighted by molar-refractivity contribution is 5.72. The quantitative estimate of drug-likeness (QED) is 0.785. The van der Waals surface area contributed by atoms with Gasteiger partial charge in [0, 0.05) is 23.9 Å². The number of esters is 1. The van der Waals surface area contributed by atoms with Crippen molar-refractivity contribution in [1.82, 2.24) is 5.32 Å². The zero-order chi connectivity index (χ0) is 15.0. The van der Waals surface area contributed by atoms with E-state index in [4.69, 9.17) is 4.74 Å². The van der Waals surface area contributed by atoms with E-state index >= 15 is 0 Å². The van der Waals surface area contributed by atoms with Crippen molar-refractivity contribution in [3.05, 3.63) is 0 Å². The molecule has 0 aromatic carbocycles. The van der Waals surface area contributed by atoms with Crippen LogP contribution in [-0.2, 0) is 9.53 Å². The molecule has 1 aliphatic heterocycles. The van der Waals surface area contributed by atoms with Crippen LogP contribution in [0.5, 0.6) is 0 Å². The van der Waals surface area contributed by atoms with Crippen molar-refractivity contribution in [1.29, 1.82) is 0 Å². The largest absolute Gasteiger partial charge is 0.462 e. The second-order valence-electron chi connectivity index (χ2n) is 8.32.